The third-order valence-electron chi connectivity index (χ3n) is 5.20. The Labute approximate surface area is 189 Å². The molecule has 1 aliphatic rings. The highest BCUT2D eigenvalue weighted by molar-refractivity contribution is 8.14. The van der Waals surface area contributed by atoms with Crippen LogP contribution in [-0.2, 0) is 9.59 Å². The number of aryl methyl sites for hydroxylation is 1. The summed E-state index contributed by atoms with van der Waals surface area (Å²) in [7, 11) is 0. The molecule has 0 atom stereocenters. The van der Waals surface area contributed by atoms with E-state index in [0.29, 0.717) is 16.8 Å². The molecule has 0 bridgehead atoms. The highest BCUT2D eigenvalue weighted by Gasteiger charge is 2.33. The monoisotopic (exact) mass is 434 g/mol. The molecule has 0 saturated carbocycles. The topological polar surface area (TPSA) is 49.7 Å². The first-order valence-electron chi connectivity index (χ1n) is 10.5. The first-order chi connectivity index (χ1) is 14.6. The van der Waals surface area contributed by atoms with Gasteiger partial charge in [-0.15, -0.1) is 0 Å². The fraction of sp³-hybridized carbons (Fsp3) is 0.346. The van der Waals surface area contributed by atoms with Crippen LogP contribution in [0.15, 0.2) is 59.2 Å². The summed E-state index contributed by atoms with van der Waals surface area (Å²) in [6, 6.07) is 15.9. The lowest BCUT2D eigenvalue weighted by Crippen LogP contribution is -2.31. The highest BCUT2D eigenvalue weighted by Crippen LogP contribution is 2.31. The zero-order chi connectivity index (χ0) is 22.8. The van der Waals surface area contributed by atoms with Gasteiger partial charge in [0.25, 0.3) is 5.91 Å². The van der Waals surface area contributed by atoms with Gasteiger partial charge in [0.2, 0.25) is 0 Å². The van der Waals surface area contributed by atoms with E-state index in [4.69, 9.17) is 0 Å². The fourth-order valence-corrected chi connectivity index (χ4v) is 4.17. The Bertz CT molecular complexity index is 1030. The van der Waals surface area contributed by atoms with E-state index in [1.165, 1.54) is 17.3 Å². The minimum absolute atomic E-state index is 0.123. The van der Waals surface area contributed by atoms with Gasteiger partial charge in [-0.25, -0.2) is 4.99 Å². The average molecular weight is 435 g/mol. The Kier molecular flexibility index (Phi) is 6.85. The number of amidine groups is 1. The molecule has 5 heteroatoms. The molecular formula is C26H30N2O2S. The van der Waals surface area contributed by atoms with E-state index in [1.54, 1.807) is 4.90 Å². The first-order valence-corrected chi connectivity index (χ1v) is 11.5. The highest BCUT2D eigenvalue weighted by atomic mass is 32.2. The summed E-state index contributed by atoms with van der Waals surface area (Å²) >= 11 is 1.32. The lowest BCUT2D eigenvalue weighted by atomic mass is 9.92. The molecule has 0 N–H and O–H groups in total. The second kappa shape index (κ2) is 9.23. The van der Waals surface area contributed by atoms with Crippen molar-refractivity contribution >= 4 is 40.4 Å². The summed E-state index contributed by atoms with van der Waals surface area (Å²) < 4.78 is 0. The Hall–Kier alpha value is -2.66. The smallest absolute Gasteiger partial charge is 0.283 e. The second-order valence-corrected chi connectivity index (χ2v) is 10.1. The van der Waals surface area contributed by atoms with Crippen LogP contribution in [0.3, 0.4) is 0 Å². The van der Waals surface area contributed by atoms with Crippen molar-refractivity contribution in [2.45, 2.75) is 47.5 Å². The summed E-state index contributed by atoms with van der Waals surface area (Å²) in [6.07, 6.45) is 1.81. The number of aliphatic imine (C=N–C) groups is 1. The minimum Gasteiger partial charge on any atom is -0.298 e. The number of hydrogen-bond donors (Lipinski definition) is 0. The Balaban J connectivity index is 1.92. The molecule has 0 unspecified atom stereocenters. The van der Waals surface area contributed by atoms with E-state index in [0.717, 1.165) is 16.8 Å². The van der Waals surface area contributed by atoms with E-state index in [-0.39, 0.29) is 17.4 Å². The van der Waals surface area contributed by atoms with Gasteiger partial charge < -0.3 is 0 Å². The summed E-state index contributed by atoms with van der Waals surface area (Å²) in [5, 5.41) is 0.538. The average Bonchev–Trinajstić information content (AvgIpc) is 3.01. The lowest BCUT2D eigenvalue weighted by Gasteiger charge is -2.20. The zero-order valence-electron chi connectivity index (χ0n) is 19.1. The number of carbonyl (C=O) groups excluding carboxylic acids is 2. The summed E-state index contributed by atoms with van der Waals surface area (Å²) in [5.74, 6) is 0.669. The number of thioether (sulfide) groups is 1. The number of Topliss-reactive ketones (excluding diaryl/α,β-unsaturated/α-hetero) is 1. The molecule has 1 aliphatic heterocycles. The minimum atomic E-state index is -0.429. The van der Waals surface area contributed by atoms with Crippen molar-refractivity contribution in [2.75, 3.05) is 10.7 Å². The third kappa shape index (κ3) is 5.53. The van der Waals surface area contributed by atoms with Crippen molar-refractivity contribution in [1.82, 2.24) is 0 Å². The van der Waals surface area contributed by atoms with Crippen LogP contribution in [0.2, 0.25) is 0 Å². The summed E-state index contributed by atoms with van der Waals surface area (Å²) in [5.41, 5.74) is 4.00. The fourth-order valence-electron chi connectivity index (χ4n) is 3.00. The molecular weight excluding hydrogens is 404 g/mol. The molecule has 0 spiro atoms. The number of amides is 1. The van der Waals surface area contributed by atoms with Crippen LogP contribution in [0.5, 0.6) is 0 Å². The Morgan fingerprint density at radius 1 is 1.06 bits per heavy atom. The van der Waals surface area contributed by atoms with Gasteiger partial charge in [0.1, 0.15) is 11.5 Å². The molecule has 162 valence electrons. The summed E-state index contributed by atoms with van der Waals surface area (Å²) in [6.45, 7) is 12.0. The van der Waals surface area contributed by atoms with E-state index < -0.39 is 5.41 Å². The number of ketones is 1. The van der Waals surface area contributed by atoms with Crippen LogP contribution in [0.4, 0.5) is 5.69 Å². The Morgan fingerprint density at radius 3 is 2.23 bits per heavy atom. The molecule has 3 rings (SSSR count). The van der Waals surface area contributed by atoms with Crippen LogP contribution in [0.25, 0.3) is 6.08 Å². The van der Waals surface area contributed by atoms with Crippen molar-refractivity contribution in [2.24, 2.45) is 10.4 Å². The number of benzene rings is 2. The van der Waals surface area contributed by atoms with Gasteiger partial charge in [-0.3, -0.25) is 14.5 Å². The molecule has 0 aliphatic carbocycles. The van der Waals surface area contributed by atoms with Crippen molar-refractivity contribution in [1.29, 1.82) is 0 Å². The molecule has 2 aromatic rings. The molecule has 4 nitrogen and oxygen atoms in total. The zero-order valence-corrected chi connectivity index (χ0v) is 19.9. The molecule has 0 aromatic heterocycles. The molecule has 2 aromatic carbocycles. The number of nitrogens with zero attached hydrogens (tertiary/aromatic N) is 2. The lowest BCUT2D eigenvalue weighted by molar-refractivity contribution is -0.123. The maximum atomic E-state index is 13.3. The number of anilines is 1. The molecule has 31 heavy (non-hydrogen) atoms. The van der Waals surface area contributed by atoms with Gasteiger partial charge in [-0.1, -0.05) is 88.3 Å². The van der Waals surface area contributed by atoms with E-state index in [9.17, 15) is 9.59 Å². The van der Waals surface area contributed by atoms with Crippen LogP contribution >= 0.6 is 11.8 Å². The largest absolute Gasteiger partial charge is 0.298 e. The van der Waals surface area contributed by atoms with Crippen LogP contribution in [0.1, 0.15) is 57.2 Å². The molecule has 0 fully saturated rings. The van der Waals surface area contributed by atoms with Gasteiger partial charge in [-0.05, 0) is 42.2 Å². The standard InChI is InChI=1S/C26H30N2O2S/c1-17(2)20-11-9-19(10-12-20)15-22-24(30)28(21-13-7-18(3)8-14-21)25(27-22)31-16-23(29)26(4,5)6/h7-15,17H,16H2,1-6H3. The number of carbonyl (C=O) groups is 2. The number of hydrogen-bond acceptors (Lipinski definition) is 4. The quantitative estimate of drug-likeness (QED) is 0.526. The normalized spacial score (nSPS) is 15.7. The Morgan fingerprint density at radius 2 is 1.68 bits per heavy atom. The van der Waals surface area contributed by atoms with E-state index in [1.807, 2.05) is 70.2 Å². The molecule has 0 radical (unpaired) electrons. The predicted molar refractivity (Wildman–Crippen MR) is 132 cm³/mol. The molecule has 0 saturated heterocycles. The van der Waals surface area contributed by atoms with Gasteiger partial charge in [-0.2, -0.15) is 0 Å². The first kappa shape index (κ1) is 23.0. The van der Waals surface area contributed by atoms with Gasteiger partial charge in [0.05, 0.1) is 11.4 Å². The van der Waals surface area contributed by atoms with E-state index in [2.05, 4.69) is 31.0 Å². The van der Waals surface area contributed by atoms with E-state index >= 15 is 0 Å². The number of rotatable bonds is 5. The van der Waals surface area contributed by atoms with Crippen LogP contribution in [-0.4, -0.2) is 22.6 Å². The predicted octanol–water partition coefficient (Wildman–Crippen LogP) is 6.21. The van der Waals surface area contributed by atoms with Crippen LogP contribution < -0.4 is 4.90 Å². The SMILES string of the molecule is Cc1ccc(N2C(=O)C(=Cc3ccc(C(C)C)cc3)N=C2SCC(=O)C(C)(C)C)cc1. The van der Waals surface area contributed by atoms with Gasteiger partial charge in [0.15, 0.2) is 5.17 Å². The van der Waals surface area contributed by atoms with Crippen LogP contribution in [0, 0.1) is 12.3 Å². The van der Waals surface area contributed by atoms with Gasteiger partial charge >= 0.3 is 0 Å². The maximum absolute atomic E-state index is 13.3. The van der Waals surface area contributed by atoms with Crippen molar-refractivity contribution < 1.29 is 9.59 Å². The van der Waals surface area contributed by atoms with Crippen molar-refractivity contribution in [3.8, 4) is 0 Å². The van der Waals surface area contributed by atoms with Crippen molar-refractivity contribution in [3.05, 3.63) is 70.9 Å². The second-order valence-electron chi connectivity index (χ2n) is 9.18. The maximum Gasteiger partial charge on any atom is 0.283 e. The molecule has 1 heterocycles. The van der Waals surface area contributed by atoms with Gasteiger partial charge in [0, 0.05) is 5.41 Å². The summed E-state index contributed by atoms with van der Waals surface area (Å²) in [4.78, 5) is 31.9. The third-order valence-corrected chi connectivity index (χ3v) is 6.14. The van der Waals surface area contributed by atoms with Crippen molar-refractivity contribution in [3.63, 3.8) is 0 Å². The molecule has 1 amide bonds.